The number of ether oxygens (including phenoxy) is 2. The molecule has 1 heterocycles. The normalized spacial score (nSPS) is 22.7. The molecule has 2 rings (SSSR count). The van der Waals surface area contributed by atoms with Crippen LogP contribution in [0.15, 0.2) is 24.3 Å². The molecule has 0 amide bonds. The Morgan fingerprint density at radius 2 is 2.11 bits per heavy atom. The van der Waals surface area contributed by atoms with E-state index in [1.54, 1.807) is 6.07 Å². The summed E-state index contributed by atoms with van der Waals surface area (Å²) in [4.78, 5) is 11.9. The Morgan fingerprint density at radius 3 is 2.67 bits per heavy atom. The maximum atomic E-state index is 11.9. The number of benzene rings is 1. The van der Waals surface area contributed by atoms with Crippen molar-refractivity contribution in [2.75, 3.05) is 13.2 Å². The second-order valence-corrected chi connectivity index (χ2v) is 6.15. The third kappa shape index (κ3) is 3.10. The van der Waals surface area contributed by atoms with Gasteiger partial charge in [-0.25, -0.2) is 4.79 Å². The van der Waals surface area contributed by atoms with Crippen LogP contribution in [0.2, 0.25) is 0 Å². The number of epoxide rings is 1. The van der Waals surface area contributed by atoms with E-state index in [0.29, 0.717) is 18.8 Å². The Bertz CT molecular complexity index is 453. The van der Waals surface area contributed by atoms with Crippen molar-refractivity contribution < 1.29 is 14.3 Å². The van der Waals surface area contributed by atoms with Crippen molar-refractivity contribution in [2.24, 2.45) is 0 Å². The van der Waals surface area contributed by atoms with Gasteiger partial charge in [-0.05, 0) is 30.0 Å². The maximum absolute atomic E-state index is 11.9. The lowest BCUT2D eigenvalue weighted by Gasteiger charge is -2.19. The van der Waals surface area contributed by atoms with Crippen LogP contribution in [0.3, 0.4) is 0 Å². The van der Waals surface area contributed by atoms with Crippen LogP contribution in [0.4, 0.5) is 0 Å². The average Bonchev–Trinajstić information content (AvgIpc) is 3.04. The molecule has 3 heteroatoms. The van der Waals surface area contributed by atoms with E-state index in [2.05, 4.69) is 20.8 Å². The third-order valence-corrected chi connectivity index (χ3v) is 3.11. The molecule has 0 spiro atoms. The second kappa shape index (κ2) is 4.39. The van der Waals surface area contributed by atoms with Crippen molar-refractivity contribution >= 4 is 5.97 Å². The van der Waals surface area contributed by atoms with E-state index in [1.165, 1.54) is 0 Å². The molecule has 0 aromatic heterocycles. The van der Waals surface area contributed by atoms with Gasteiger partial charge in [-0.15, -0.1) is 0 Å². The van der Waals surface area contributed by atoms with Gasteiger partial charge in [-0.3, -0.25) is 0 Å². The monoisotopic (exact) mass is 248 g/mol. The SMILES string of the molecule is CC1(COC(=O)c2cccc(C(C)(C)C)c2)CO1. The van der Waals surface area contributed by atoms with Crippen molar-refractivity contribution in [1.29, 1.82) is 0 Å². The van der Waals surface area contributed by atoms with E-state index in [1.807, 2.05) is 25.1 Å². The highest BCUT2D eigenvalue weighted by molar-refractivity contribution is 5.89. The molecular weight excluding hydrogens is 228 g/mol. The van der Waals surface area contributed by atoms with Crippen LogP contribution in [0.5, 0.6) is 0 Å². The highest BCUT2D eigenvalue weighted by Gasteiger charge is 2.40. The molecule has 1 unspecified atom stereocenters. The zero-order valence-electron chi connectivity index (χ0n) is 11.4. The summed E-state index contributed by atoms with van der Waals surface area (Å²) in [5.41, 5.74) is 1.51. The van der Waals surface area contributed by atoms with Gasteiger partial charge in [-0.2, -0.15) is 0 Å². The highest BCUT2D eigenvalue weighted by atomic mass is 16.6. The zero-order valence-corrected chi connectivity index (χ0v) is 11.4. The van der Waals surface area contributed by atoms with Crippen molar-refractivity contribution in [1.82, 2.24) is 0 Å². The van der Waals surface area contributed by atoms with E-state index >= 15 is 0 Å². The van der Waals surface area contributed by atoms with Gasteiger partial charge in [0, 0.05) is 0 Å². The molecule has 18 heavy (non-hydrogen) atoms. The van der Waals surface area contributed by atoms with Gasteiger partial charge < -0.3 is 9.47 Å². The van der Waals surface area contributed by atoms with Crippen LogP contribution in [0, 0.1) is 0 Å². The number of esters is 1. The van der Waals surface area contributed by atoms with Crippen molar-refractivity contribution in [3.8, 4) is 0 Å². The Labute approximate surface area is 108 Å². The molecule has 3 nitrogen and oxygen atoms in total. The molecule has 1 aliphatic rings. The minimum atomic E-state index is -0.280. The number of carbonyl (C=O) groups is 1. The molecule has 0 saturated carbocycles. The lowest BCUT2D eigenvalue weighted by molar-refractivity contribution is 0.0410. The fourth-order valence-corrected chi connectivity index (χ4v) is 1.62. The van der Waals surface area contributed by atoms with Gasteiger partial charge in [0.25, 0.3) is 0 Å². The number of rotatable bonds is 3. The van der Waals surface area contributed by atoms with Gasteiger partial charge >= 0.3 is 5.97 Å². The first kappa shape index (κ1) is 13.1. The van der Waals surface area contributed by atoms with Gasteiger partial charge in [-0.1, -0.05) is 32.9 Å². The zero-order chi connectivity index (χ0) is 13.4. The first-order valence-corrected chi connectivity index (χ1v) is 6.22. The van der Waals surface area contributed by atoms with Crippen molar-refractivity contribution in [2.45, 2.75) is 38.7 Å². The van der Waals surface area contributed by atoms with Crippen LogP contribution in [-0.2, 0) is 14.9 Å². The summed E-state index contributed by atoms with van der Waals surface area (Å²) in [7, 11) is 0. The minimum absolute atomic E-state index is 0.0296. The third-order valence-electron chi connectivity index (χ3n) is 3.11. The van der Waals surface area contributed by atoms with Crippen molar-refractivity contribution in [3.05, 3.63) is 35.4 Å². The number of hydrogen-bond donors (Lipinski definition) is 0. The fraction of sp³-hybridized carbons (Fsp3) is 0.533. The Hall–Kier alpha value is -1.35. The minimum Gasteiger partial charge on any atom is -0.459 e. The summed E-state index contributed by atoms with van der Waals surface area (Å²) >= 11 is 0. The molecule has 98 valence electrons. The van der Waals surface area contributed by atoms with Gasteiger partial charge in [0.15, 0.2) is 0 Å². The summed E-state index contributed by atoms with van der Waals surface area (Å²) in [5.74, 6) is -0.280. The number of carbonyl (C=O) groups excluding carboxylic acids is 1. The van der Waals surface area contributed by atoms with Gasteiger partial charge in [0.1, 0.15) is 12.2 Å². The van der Waals surface area contributed by atoms with E-state index in [9.17, 15) is 4.79 Å². The van der Waals surface area contributed by atoms with Crippen LogP contribution >= 0.6 is 0 Å². The van der Waals surface area contributed by atoms with Crippen molar-refractivity contribution in [3.63, 3.8) is 0 Å². The predicted octanol–water partition coefficient (Wildman–Crippen LogP) is 2.93. The average molecular weight is 248 g/mol. The van der Waals surface area contributed by atoms with E-state index in [4.69, 9.17) is 9.47 Å². The molecule has 0 aliphatic carbocycles. The van der Waals surface area contributed by atoms with Gasteiger partial charge in [0.2, 0.25) is 0 Å². The Morgan fingerprint density at radius 1 is 1.44 bits per heavy atom. The summed E-state index contributed by atoms with van der Waals surface area (Å²) in [6.45, 7) is 9.29. The summed E-state index contributed by atoms with van der Waals surface area (Å²) in [5, 5.41) is 0. The summed E-state index contributed by atoms with van der Waals surface area (Å²) in [6.07, 6.45) is 0. The topological polar surface area (TPSA) is 38.8 Å². The number of hydrogen-bond acceptors (Lipinski definition) is 3. The van der Waals surface area contributed by atoms with Crippen LogP contribution in [0.1, 0.15) is 43.6 Å². The molecular formula is C15H20O3. The summed E-state index contributed by atoms with van der Waals surface area (Å²) in [6, 6.07) is 7.61. The maximum Gasteiger partial charge on any atom is 0.338 e. The quantitative estimate of drug-likeness (QED) is 0.610. The largest absolute Gasteiger partial charge is 0.459 e. The first-order valence-electron chi connectivity index (χ1n) is 6.22. The predicted molar refractivity (Wildman–Crippen MR) is 69.8 cm³/mol. The second-order valence-electron chi connectivity index (χ2n) is 6.15. The van der Waals surface area contributed by atoms with Gasteiger partial charge in [0.05, 0.1) is 12.2 Å². The Balaban J connectivity index is 2.05. The molecule has 1 aliphatic heterocycles. The molecule has 0 N–H and O–H groups in total. The molecule has 0 radical (unpaired) electrons. The lowest BCUT2D eigenvalue weighted by Crippen LogP contribution is -2.19. The molecule has 1 aromatic carbocycles. The molecule has 1 fully saturated rings. The standard InChI is InChI=1S/C15H20O3/c1-14(2,3)12-7-5-6-11(8-12)13(16)17-9-15(4)10-18-15/h5-8H,9-10H2,1-4H3. The first-order chi connectivity index (χ1) is 8.30. The smallest absolute Gasteiger partial charge is 0.338 e. The summed E-state index contributed by atoms with van der Waals surface area (Å²) < 4.78 is 10.4. The lowest BCUT2D eigenvalue weighted by atomic mass is 9.86. The van der Waals surface area contributed by atoms with Crippen LogP contribution in [0.25, 0.3) is 0 Å². The van der Waals surface area contributed by atoms with E-state index in [0.717, 1.165) is 5.56 Å². The Kier molecular flexibility index (Phi) is 3.20. The highest BCUT2D eigenvalue weighted by Crippen LogP contribution is 2.27. The van der Waals surface area contributed by atoms with Crippen LogP contribution < -0.4 is 0 Å². The van der Waals surface area contributed by atoms with Crippen LogP contribution in [-0.4, -0.2) is 24.8 Å². The van der Waals surface area contributed by atoms with E-state index in [-0.39, 0.29) is 17.0 Å². The fourth-order valence-electron chi connectivity index (χ4n) is 1.62. The molecule has 1 saturated heterocycles. The molecule has 0 bridgehead atoms. The van der Waals surface area contributed by atoms with E-state index < -0.39 is 0 Å². The molecule has 1 aromatic rings. The molecule has 1 atom stereocenters.